The Hall–Kier alpha value is -3.85. The third kappa shape index (κ3) is 3.58. The number of rotatable bonds is 5. The van der Waals surface area contributed by atoms with Crippen LogP contribution in [0.5, 0.6) is 0 Å². The van der Waals surface area contributed by atoms with Gasteiger partial charge in [-0.05, 0) is 12.1 Å². The Morgan fingerprint density at radius 2 is 1.81 bits per heavy atom. The molecule has 1 heterocycles. The molecular weight excluding hydrogens is 344 g/mol. The number of aromatic nitrogens is 1. The number of carbonyl (C=O) groups is 1. The van der Waals surface area contributed by atoms with Crippen LogP contribution in [0.2, 0.25) is 0 Å². The molecule has 0 fully saturated rings. The van der Waals surface area contributed by atoms with E-state index in [0.29, 0.717) is 33.7 Å². The number of ether oxygens (including phenoxy) is 2. The number of nitrogens with zero attached hydrogens (tertiary/aromatic N) is 2. The molecule has 0 aliphatic rings. The summed E-state index contributed by atoms with van der Waals surface area (Å²) in [6.07, 6.45) is 1.33. The van der Waals surface area contributed by atoms with E-state index in [0.717, 1.165) is 0 Å². The Bertz CT molecular complexity index is 1040. The van der Waals surface area contributed by atoms with Gasteiger partial charge in [0.2, 0.25) is 0 Å². The van der Waals surface area contributed by atoms with Gasteiger partial charge < -0.3 is 14.0 Å². The van der Waals surface area contributed by atoms with Crippen LogP contribution in [0.1, 0.15) is 11.1 Å². The van der Waals surface area contributed by atoms with Gasteiger partial charge in [0.1, 0.15) is 11.3 Å². The van der Waals surface area contributed by atoms with Gasteiger partial charge in [-0.1, -0.05) is 41.6 Å². The van der Waals surface area contributed by atoms with Crippen molar-refractivity contribution in [3.05, 3.63) is 72.0 Å². The fourth-order valence-electron chi connectivity index (χ4n) is 2.72. The molecule has 3 aromatic rings. The van der Waals surface area contributed by atoms with Gasteiger partial charge >= 0.3 is 5.97 Å². The molecule has 0 aliphatic heterocycles. The van der Waals surface area contributed by atoms with Crippen LogP contribution in [-0.2, 0) is 14.3 Å². The first-order valence-corrected chi connectivity index (χ1v) is 8.07. The quantitative estimate of drug-likeness (QED) is 0.388. The van der Waals surface area contributed by atoms with E-state index in [1.165, 1.54) is 20.5 Å². The molecule has 0 saturated carbocycles. The van der Waals surface area contributed by atoms with E-state index >= 15 is 0 Å². The van der Waals surface area contributed by atoms with Crippen molar-refractivity contribution in [2.24, 2.45) is 0 Å². The van der Waals surface area contributed by atoms with Gasteiger partial charge in [0, 0.05) is 22.8 Å². The highest BCUT2D eigenvalue weighted by Gasteiger charge is 2.20. The molecule has 0 N–H and O–H groups in total. The van der Waals surface area contributed by atoms with E-state index in [-0.39, 0.29) is 5.57 Å². The Morgan fingerprint density at radius 1 is 1.11 bits per heavy atom. The van der Waals surface area contributed by atoms with Gasteiger partial charge in [-0.2, -0.15) is 5.26 Å². The number of nitriles is 1. The second kappa shape index (κ2) is 8.02. The summed E-state index contributed by atoms with van der Waals surface area (Å²) in [5.41, 5.74) is 3.20. The first-order valence-electron chi connectivity index (χ1n) is 8.07. The van der Waals surface area contributed by atoms with Crippen LogP contribution >= 0.6 is 0 Å². The third-order valence-electron chi connectivity index (χ3n) is 3.96. The molecule has 6 heteroatoms. The minimum absolute atomic E-state index is 0.262. The minimum atomic E-state index is -0.525. The van der Waals surface area contributed by atoms with Crippen LogP contribution in [0.3, 0.4) is 0 Å². The predicted octanol–water partition coefficient (Wildman–Crippen LogP) is 4.04. The number of hydrogen-bond donors (Lipinski definition) is 0. The molecule has 3 rings (SSSR count). The highest BCUT2D eigenvalue weighted by Crippen LogP contribution is 2.32. The van der Waals surface area contributed by atoms with Crippen molar-refractivity contribution in [1.82, 2.24) is 5.16 Å². The lowest BCUT2D eigenvalue weighted by Gasteiger charge is -2.09. The first kappa shape index (κ1) is 18.0. The van der Waals surface area contributed by atoms with Crippen molar-refractivity contribution in [3.8, 4) is 28.7 Å². The van der Waals surface area contributed by atoms with E-state index in [9.17, 15) is 10.1 Å². The average molecular weight is 360 g/mol. The highest BCUT2D eigenvalue weighted by molar-refractivity contribution is 6.17. The Balaban J connectivity index is 2.10. The molecule has 0 bridgehead atoms. The largest absolute Gasteiger partial charge is 0.503 e. The lowest BCUT2D eigenvalue weighted by Crippen LogP contribution is -2.05. The number of carbonyl (C=O) groups excluding carboxylic acids is 1. The van der Waals surface area contributed by atoms with Crippen molar-refractivity contribution in [2.45, 2.75) is 0 Å². The number of methoxy groups -OCH3 is 2. The monoisotopic (exact) mass is 360 g/mol. The molecule has 6 nitrogen and oxygen atoms in total. The summed E-state index contributed by atoms with van der Waals surface area (Å²) in [6.45, 7) is 0. The molecule has 0 atom stereocenters. The topological polar surface area (TPSA) is 85.4 Å². The van der Waals surface area contributed by atoms with Crippen LogP contribution in [0, 0.1) is 11.3 Å². The molecule has 1 aromatic heterocycles. The van der Waals surface area contributed by atoms with E-state index < -0.39 is 5.97 Å². The highest BCUT2D eigenvalue weighted by atomic mass is 16.5. The lowest BCUT2D eigenvalue weighted by atomic mass is 9.97. The fraction of sp³-hybridized carbons (Fsp3) is 0.0952. The molecule has 0 unspecified atom stereocenters. The van der Waals surface area contributed by atoms with E-state index in [1.54, 1.807) is 36.4 Å². The summed E-state index contributed by atoms with van der Waals surface area (Å²) in [4.78, 5) is 12.1. The van der Waals surface area contributed by atoms with Crippen LogP contribution in [-0.4, -0.2) is 25.3 Å². The zero-order chi connectivity index (χ0) is 19.2. The van der Waals surface area contributed by atoms with Crippen LogP contribution in [0.4, 0.5) is 0 Å². The maximum atomic E-state index is 12.1. The minimum Gasteiger partial charge on any atom is -0.503 e. The summed E-state index contributed by atoms with van der Waals surface area (Å²) in [7, 11) is 2.76. The second-order valence-corrected chi connectivity index (χ2v) is 5.54. The average Bonchev–Trinajstić information content (AvgIpc) is 3.21. The summed E-state index contributed by atoms with van der Waals surface area (Å²) in [5.74, 6) is -0.0601. The smallest absolute Gasteiger partial charge is 0.341 e. The SMILES string of the molecule is CO/C=C(/C(=O)OC)c1ccccc1-c1cc(-c2ccccc2C#N)on1. The maximum Gasteiger partial charge on any atom is 0.341 e. The Labute approximate surface area is 156 Å². The van der Waals surface area contributed by atoms with Crippen LogP contribution in [0.15, 0.2) is 65.4 Å². The van der Waals surface area contributed by atoms with E-state index in [2.05, 4.69) is 11.2 Å². The van der Waals surface area contributed by atoms with Crippen molar-refractivity contribution in [2.75, 3.05) is 14.2 Å². The second-order valence-electron chi connectivity index (χ2n) is 5.54. The summed E-state index contributed by atoms with van der Waals surface area (Å²) in [5, 5.41) is 13.4. The van der Waals surface area contributed by atoms with Crippen molar-refractivity contribution >= 4 is 11.5 Å². The molecule has 27 heavy (non-hydrogen) atoms. The molecule has 0 amide bonds. The molecule has 134 valence electrons. The molecule has 0 radical (unpaired) electrons. The van der Waals surface area contributed by atoms with Crippen molar-refractivity contribution < 1.29 is 18.8 Å². The molecule has 2 aromatic carbocycles. The summed E-state index contributed by atoms with van der Waals surface area (Å²) < 4.78 is 15.3. The number of esters is 1. The maximum absolute atomic E-state index is 12.1. The standard InChI is InChI=1S/C21H16N2O4/c1-25-13-18(21(24)26-2)16-9-5-6-10-17(16)19-11-20(27-23-19)15-8-4-3-7-14(15)12-22/h3-11,13H,1-2H3/b18-13+. The summed E-state index contributed by atoms with van der Waals surface area (Å²) >= 11 is 0. The third-order valence-corrected chi connectivity index (χ3v) is 3.96. The zero-order valence-electron chi connectivity index (χ0n) is 14.8. The van der Waals surface area contributed by atoms with Gasteiger partial charge in [-0.15, -0.1) is 0 Å². The van der Waals surface area contributed by atoms with E-state index in [4.69, 9.17) is 14.0 Å². The van der Waals surface area contributed by atoms with Gasteiger partial charge in [0.25, 0.3) is 0 Å². The Morgan fingerprint density at radius 3 is 2.52 bits per heavy atom. The van der Waals surface area contributed by atoms with Gasteiger partial charge in [-0.3, -0.25) is 0 Å². The molecule has 0 spiro atoms. The van der Waals surface area contributed by atoms with Crippen LogP contribution < -0.4 is 0 Å². The van der Waals surface area contributed by atoms with Crippen molar-refractivity contribution in [3.63, 3.8) is 0 Å². The zero-order valence-corrected chi connectivity index (χ0v) is 14.8. The Kier molecular flexibility index (Phi) is 5.33. The molecule has 0 saturated heterocycles. The molecular formula is C21H16N2O4. The number of benzene rings is 2. The van der Waals surface area contributed by atoms with Crippen LogP contribution in [0.25, 0.3) is 28.2 Å². The van der Waals surface area contributed by atoms with Crippen molar-refractivity contribution in [1.29, 1.82) is 5.26 Å². The predicted molar refractivity (Wildman–Crippen MR) is 99.1 cm³/mol. The molecule has 0 aliphatic carbocycles. The van der Waals surface area contributed by atoms with Gasteiger partial charge in [0.05, 0.1) is 32.1 Å². The summed E-state index contributed by atoms with van der Waals surface area (Å²) in [6, 6.07) is 18.2. The van der Waals surface area contributed by atoms with E-state index in [1.807, 2.05) is 18.2 Å². The number of hydrogen-bond acceptors (Lipinski definition) is 6. The normalized spacial score (nSPS) is 10.9. The van der Waals surface area contributed by atoms with Gasteiger partial charge in [-0.25, -0.2) is 4.79 Å². The lowest BCUT2D eigenvalue weighted by molar-refractivity contribution is -0.133. The van der Waals surface area contributed by atoms with Gasteiger partial charge in [0.15, 0.2) is 5.76 Å². The fourth-order valence-corrected chi connectivity index (χ4v) is 2.72. The first-order chi connectivity index (χ1) is 13.2.